The Kier molecular flexibility index (Phi) is 2.61. The van der Waals surface area contributed by atoms with E-state index in [0.717, 1.165) is 12.1 Å². The van der Waals surface area contributed by atoms with Gasteiger partial charge in [-0.1, -0.05) is 0 Å². The standard InChI is InChI=1S/C12H6F2N2/c13-11-2-1-8(6-15)5-9(11)10-7-16-4-3-12(10)14/h1-5,7H. The minimum atomic E-state index is -0.578. The summed E-state index contributed by atoms with van der Waals surface area (Å²) in [7, 11) is 0. The third-order valence-corrected chi connectivity index (χ3v) is 2.15. The van der Waals surface area contributed by atoms with Crippen molar-refractivity contribution >= 4 is 0 Å². The molecule has 0 N–H and O–H groups in total. The molecule has 0 radical (unpaired) electrons. The number of aromatic nitrogens is 1. The highest BCUT2D eigenvalue weighted by Gasteiger charge is 2.10. The minimum absolute atomic E-state index is 0.0460. The first-order valence-corrected chi connectivity index (χ1v) is 4.52. The van der Waals surface area contributed by atoms with Crippen LogP contribution < -0.4 is 0 Å². The van der Waals surface area contributed by atoms with E-state index < -0.39 is 11.6 Å². The number of benzene rings is 1. The summed E-state index contributed by atoms with van der Waals surface area (Å²) in [6.45, 7) is 0. The minimum Gasteiger partial charge on any atom is -0.264 e. The van der Waals surface area contributed by atoms with Gasteiger partial charge in [0.2, 0.25) is 0 Å². The second-order valence-corrected chi connectivity index (χ2v) is 3.16. The Hall–Kier alpha value is -2.28. The van der Waals surface area contributed by atoms with Gasteiger partial charge in [0.15, 0.2) is 0 Å². The van der Waals surface area contributed by atoms with Crippen LogP contribution in [0.4, 0.5) is 8.78 Å². The number of nitriles is 1. The molecule has 1 heterocycles. The topological polar surface area (TPSA) is 36.7 Å². The average Bonchev–Trinajstić information content (AvgIpc) is 2.31. The molecule has 0 fully saturated rings. The van der Waals surface area contributed by atoms with Crippen molar-refractivity contribution in [3.05, 3.63) is 53.9 Å². The fourth-order valence-corrected chi connectivity index (χ4v) is 1.38. The van der Waals surface area contributed by atoms with Crippen LogP contribution in [0.2, 0.25) is 0 Å². The van der Waals surface area contributed by atoms with Crippen LogP contribution in [-0.4, -0.2) is 4.98 Å². The predicted octanol–water partition coefficient (Wildman–Crippen LogP) is 2.90. The molecule has 0 amide bonds. The number of hydrogen-bond acceptors (Lipinski definition) is 2. The third-order valence-electron chi connectivity index (χ3n) is 2.15. The fraction of sp³-hybridized carbons (Fsp3) is 0. The highest BCUT2D eigenvalue weighted by molar-refractivity contribution is 5.65. The lowest BCUT2D eigenvalue weighted by atomic mass is 10.0. The van der Waals surface area contributed by atoms with E-state index in [4.69, 9.17) is 5.26 Å². The Labute approximate surface area is 90.8 Å². The molecule has 0 saturated heterocycles. The van der Waals surface area contributed by atoms with Gasteiger partial charge in [-0.15, -0.1) is 0 Å². The van der Waals surface area contributed by atoms with Gasteiger partial charge in [0, 0.05) is 23.5 Å². The smallest absolute Gasteiger partial charge is 0.134 e. The largest absolute Gasteiger partial charge is 0.264 e. The van der Waals surface area contributed by atoms with Crippen molar-refractivity contribution in [2.24, 2.45) is 0 Å². The van der Waals surface area contributed by atoms with Gasteiger partial charge in [0.25, 0.3) is 0 Å². The Morgan fingerprint density at radius 3 is 2.50 bits per heavy atom. The van der Waals surface area contributed by atoms with Crippen LogP contribution in [0.25, 0.3) is 11.1 Å². The third kappa shape index (κ3) is 1.75. The van der Waals surface area contributed by atoms with Gasteiger partial charge in [-0.25, -0.2) is 8.78 Å². The molecule has 0 atom stereocenters. The number of halogens is 2. The molecule has 16 heavy (non-hydrogen) atoms. The average molecular weight is 216 g/mol. The molecule has 0 aliphatic carbocycles. The molecular weight excluding hydrogens is 210 g/mol. The predicted molar refractivity (Wildman–Crippen MR) is 54.3 cm³/mol. The highest BCUT2D eigenvalue weighted by atomic mass is 19.1. The lowest BCUT2D eigenvalue weighted by molar-refractivity contribution is 0.615. The molecule has 2 nitrogen and oxygen atoms in total. The molecule has 0 spiro atoms. The molecule has 0 saturated carbocycles. The van der Waals surface area contributed by atoms with Crippen molar-refractivity contribution in [3.8, 4) is 17.2 Å². The molecule has 0 aliphatic rings. The molecule has 4 heteroatoms. The molecule has 1 aromatic heterocycles. The van der Waals surface area contributed by atoms with Gasteiger partial charge >= 0.3 is 0 Å². The van der Waals surface area contributed by atoms with E-state index in [1.165, 1.54) is 24.5 Å². The number of nitrogens with zero attached hydrogens (tertiary/aromatic N) is 2. The summed E-state index contributed by atoms with van der Waals surface area (Å²) in [5.74, 6) is -1.14. The Morgan fingerprint density at radius 1 is 1.06 bits per heavy atom. The van der Waals surface area contributed by atoms with E-state index >= 15 is 0 Å². The summed E-state index contributed by atoms with van der Waals surface area (Å²) in [6, 6.07) is 6.80. The van der Waals surface area contributed by atoms with E-state index in [1.54, 1.807) is 0 Å². The molecule has 0 bridgehead atoms. The number of pyridine rings is 1. The second-order valence-electron chi connectivity index (χ2n) is 3.16. The summed E-state index contributed by atoms with van der Waals surface area (Å²) in [6.07, 6.45) is 2.51. The van der Waals surface area contributed by atoms with Crippen molar-refractivity contribution in [1.29, 1.82) is 5.26 Å². The molecule has 0 unspecified atom stereocenters. The van der Waals surface area contributed by atoms with Crippen LogP contribution in [0.3, 0.4) is 0 Å². The quantitative estimate of drug-likeness (QED) is 0.734. The van der Waals surface area contributed by atoms with Gasteiger partial charge in [-0.05, 0) is 24.3 Å². The zero-order valence-corrected chi connectivity index (χ0v) is 8.11. The summed E-state index contributed by atoms with van der Waals surface area (Å²) in [5.41, 5.74) is 0.376. The van der Waals surface area contributed by atoms with E-state index in [1.807, 2.05) is 6.07 Å². The molecule has 1 aromatic carbocycles. The van der Waals surface area contributed by atoms with Crippen molar-refractivity contribution in [2.75, 3.05) is 0 Å². The summed E-state index contributed by atoms with van der Waals surface area (Å²) in [5, 5.41) is 8.69. The van der Waals surface area contributed by atoms with Gasteiger partial charge in [-0.3, -0.25) is 4.98 Å². The van der Waals surface area contributed by atoms with Gasteiger partial charge in [0.05, 0.1) is 11.6 Å². The number of rotatable bonds is 1. The van der Waals surface area contributed by atoms with Crippen molar-refractivity contribution in [2.45, 2.75) is 0 Å². The maximum atomic E-state index is 13.5. The zero-order chi connectivity index (χ0) is 11.5. The molecular formula is C12H6F2N2. The first kappa shape index (κ1) is 10.2. The summed E-state index contributed by atoms with van der Waals surface area (Å²) in [4.78, 5) is 3.73. The second kappa shape index (κ2) is 4.07. The molecule has 2 aromatic rings. The Morgan fingerprint density at radius 2 is 1.81 bits per heavy atom. The van der Waals surface area contributed by atoms with Crippen LogP contribution in [0.5, 0.6) is 0 Å². The SMILES string of the molecule is N#Cc1ccc(F)c(-c2cnccc2F)c1. The van der Waals surface area contributed by atoms with E-state index in [0.29, 0.717) is 0 Å². The van der Waals surface area contributed by atoms with Crippen LogP contribution in [0, 0.1) is 23.0 Å². The van der Waals surface area contributed by atoms with Crippen molar-refractivity contribution in [1.82, 2.24) is 4.98 Å². The van der Waals surface area contributed by atoms with Gasteiger partial charge in [-0.2, -0.15) is 5.26 Å². The monoisotopic (exact) mass is 216 g/mol. The molecule has 2 rings (SSSR count). The summed E-state index contributed by atoms with van der Waals surface area (Å²) >= 11 is 0. The lowest BCUT2D eigenvalue weighted by Crippen LogP contribution is -1.90. The Balaban J connectivity index is 2.65. The maximum absolute atomic E-state index is 13.5. The van der Waals surface area contributed by atoms with Gasteiger partial charge < -0.3 is 0 Å². The molecule has 0 aliphatic heterocycles. The first-order valence-electron chi connectivity index (χ1n) is 4.52. The Bertz CT molecular complexity index is 573. The van der Waals surface area contributed by atoms with Crippen molar-refractivity contribution < 1.29 is 8.78 Å². The lowest BCUT2D eigenvalue weighted by Gasteiger charge is -2.04. The van der Waals surface area contributed by atoms with Gasteiger partial charge in [0.1, 0.15) is 11.6 Å². The van der Waals surface area contributed by atoms with E-state index in [-0.39, 0.29) is 16.7 Å². The molecule has 78 valence electrons. The normalized spacial score (nSPS) is 9.81. The first-order chi connectivity index (χ1) is 7.72. The zero-order valence-electron chi connectivity index (χ0n) is 8.11. The highest BCUT2D eigenvalue weighted by Crippen LogP contribution is 2.25. The summed E-state index contributed by atoms with van der Waals surface area (Å²) < 4.78 is 26.9. The number of hydrogen-bond donors (Lipinski definition) is 0. The fourth-order valence-electron chi connectivity index (χ4n) is 1.38. The van der Waals surface area contributed by atoms with Crippen molar-refractivity contribution in [3.63, 3.8) is 0 Å². The maximum Gasteiger partial charge on any atom is 0.134 e. The van der Waals surface area contributed by atoms with Crippen LogP contribution in [0.1, 0.15) is 5.56 Å². The van der Waals surface area contributed by atoms with Crippen LogP contribution in [0.15, 0.2) is 36.7 Å². The van der Waals surface area contributed by atoms with E-state index in [9.17, 15) is 8.78 Å². The van der Waals surface area contributed by atoms with E-state index in [2.05, 4.69) is 4.98 Å². The van der Waals surface area contributed by atoms with Crippen LogP contribution >= 0.6 is 0 Å². The van der Waals surface area contributed by atoms with Crippen LogP contribution in [-0.2, 0) is 0 Å².